The summed E-state index contributed by atoms with van der Waals surface area (Å²) >= 11 is 7.92. The molecule has 2 nitrogen and oxygen atoms in total. The highest BCUT2D eigenvalue weighted by molar-refractivity contribution is 7.98. The Morgan fingerprint density at radius 3 is 2.76 bits per heavy atom. The van der Waals surface area contributed by atoms with E-state index < -0.39 is 0 Å². The molecule has 2 aromatic rings. The van der Waals surface area contributed by atoms with E-state index in [4.69, 9.17) is 21.8 Å². The molecule has 1 heterocycles. The molecule has 0 radical (unpaired) electrons. The highest BCUT2D eigenvalue weighted by Gasteiger charge is 2.05. The lowest BCUT2D eigenvalue weighted by Gasteiger charge is -2.05. The summed E-state index contributed by atoms with van der Waals surface area (Å²) in [6.45, 7) is 2.48. The number of thioether (sulfide) groups is 1. The summed E-state index contributed by atoms with van der Waals surface area (Å²) in [6.07, 6.45) is 1.71. The lowest BCUT2D eigenvalue weighted by molar-refractivity contribution is 0.527. The number of rotatable bonds is 4. The Balaban J connectivity index is 2.07. The maximum Gasteiger partial charge on any atom is 0.114 e. The molecule has 0 unspecified atom stereocenters. The van der Waals surface area contributed by atoms with Crippen LogP contribution in [0.5, 0.6) is 0 Å². The van der Waals surface area contributed by atoms with Crippen LogP contribution < -0.4 is 5.73 Å². The van der Waals surface area contributed by atoms with Crippen molar-refractivity contribution in [2.45, 2.75) is 24.1 Å². The fourth-order valence-corrected chi connectivity index (χ4v) is 2.83. The molecule has 0 aliphatic heterocycles. The molecule has 4 heteroatoms. The van der Waals surface area contributed by atoms with Crippen LogP contribution in [0.1, 0.15) is 16.9 Å². The zero-order valence-electron chi connectivity index (χ0n) is 9.57. The SMILES string of the molecule is Cc1occc1SCc1ccc(CN)cc1Cl. The first kappa shape index (κ1) is 12.6. The van der Waals surface area contributed by atoms with Gasteiger partial charge in [-0.3, -0.25) is 0 Å². The van der Waals surface area contributed by atoms with Gasteiger partial charge in [0.15, 0.2) is 0 Å². The van der Waals surface area contributed by atoms with Crippen molar-refractivity contribution in [2.75, 3.05) is 0 Å². The Kier molecular flexibility index (Phi) is 4.15. The number of benzene rings is 1. The molecule has 0 amide bonds. The van der Waals surface area contributed by atoms with Gasteiger partial charge in [-0.05, 0) is 30.2 Å². The third-order valence-electron chi connectivity index (χ3n) is 2.55. The van der Waals surface area contributed by atoms with E-state index in [1.54, 1.807) is 18.0 Å². The van der Waals surface area contributed by atoms with Gasteiger partial charge in [0.05, 0.1) is 6.26 Å². The smallest absolute Gasteiger partial charge is 0.114 e. The molecule has 1 aromatic heterocycles. The summed E-state index contributed by atoms with van der Waals surface area (Å²) in [6, 6.07) is 7.96. The van der Waals surface area contributed by atoms with Crippen molar-refractivity contribution >= 4 is 23.4 Å². The Morgan fingerprint density at radius 1 is 1.35 bits per heavy atom. The van der Waals surface area contributed by atoms with E-state index in [2.05, 4.69) is 0 Å². The van der Waals surface area contributed by atoms with E-state index in [-0.39, 0.29) is 0 Å². The van der Waals surface area contributed by atoms with Gasteiger partial charge >= 0.3 is 0 Å². The van der Waals surface area contributed by atoms with Gasteiger partial charge in [0, 0.05) is 22.2 Å². The molecule has 0 bridgehead atoms. The molecule has 1 aromatic carbocycles. The number of halogens is 1. The van der Waals surface area contributed by atoms with Gasteiger partial charge in [0.1, 0.15) is 5.76 Å². The molecule has 0 atom stereocenters. The summed E-state index contributed by atoms with van der Waals surface area (Å²) in [5.74, 6) is 1.79. The molecule has 0 spiro atoms. The van der Waals surface area contributed by atoms with Crippen LogP contribution in [0.4, 0.5) is 0 Å². The van der Waals surface area contributed by atoms with Crippen LogP contribution in [-0.4, -0.2) is 0 Å². The molecule has 0 saturated carbocycles. The molecule has 90 valence electrons. The summed E-state index contributed by atoms with van der Waals surface area (Å²) in [4.78, 5) is 1.16. The first-order chi connectivity index (χ1) is 8.20. The topological polar surface area (TPSA) is 39.2 Å². The van der Waals surface area contributed by atoms with Gasteiger partial charge in [-0.1, -0.05) is 23.7 Å². The highest BCUT2D eigenvalue weighted by atomic mass is 35.5. The van der Waals surface area contributed by atoms with Crippen molar-refractivity contribution in [3.63, 3.8) is 0 Å². The van der Waals surface area contributed by atoms with Crippen LogP contribution in [0, 0.1) is 6.92 Å². The molecule has 0 fully saturated rings. The zero-order chi connectivity index (χ0) is 12.3. The molecule has 17 heavy (non-hydrogen) atoms. The standard InChI is InChI=1S/C13H14ClNOS/c1-9-13(4-5-16-9)17-8-11-3-2-10(7-15)6-12(11)14/h2-6H,7-8,15H2,1H3. The van der Waals surface area contributed by atoms with Gasteiger partial charge in [-0.25, -0.2) is 0 Å². The molecule has 2 N–H and O–H groups in total. The predicted molar refractivity (Wildman–Crippen MR) is 72.3 cm³/mol. The van der Waals surface area contributed by atoms with Gasteiger partial charge in [-0.15, -0.1) is 11.8 Å². The Labute approximate surface area is 110 Å². The summed E-state index contributed by atoms with van der Waals surface area (Å²) in [5.41, 5.74) is 7.74. The van der Waals surface area contributed by atoms with Gasteiger partial charge in [-0.2, -0.15) is 0 Å². The van der Waals surface area contributed by atoms with Crippen molar-refractivity contribution < 1.29 is 4.42 Å². The minimum absolute atomic E-state index is 0.522. The van der Waals surface area contributed by atoms with Crippen molar-refractivity contribution in [2.24, 2.45) is 5.73 Å². The molecule has 0 saturated heterocycles. The molecular weight excluding hydrogens is 254 g/mol. The quantitative estimate of drug-likeness (QED) is 0.852. The van der Waals surface area contributed by atoms with E-state index in [1.165, 1.54) is 0 Å². The Morgan fingerprint density at radius 2 is 2.18 bits per heavy atom. The minimum atomic E-state index is 0.522. The second-order valence-electron chi connectivity index (χ2n) is 3.76. The van der Waals surface area contributed by atoms with E-state index in [9.17, 15) is 0 Å². The minimum Gasteiger partial charge on any atom is -0.468 e. The number of aryl methyl sites for hydroxylation is 1. The normalized spacial score (nSPS) is 10.8. The number of nitrogens with two attached hydrogens (primary N) is 1. The lowest BCUT2D eigenvalue weighted by atomic mass is 10.1. The first-order valence-electron chi connectivity index (χ1n) is 5.35. The number of hydrogen-bond acceptors (Lipinski definition) is 3. The van der Waals surface area contributed by atoms with E-state index in [1.807, 2.05) is 31.2 Å². The largest absolute Gasteiger partial charge is 0.468 e. The molecule has 2 rings (SSSR count). The summed E-state index contributed by atoms with van der Waals surface area (Å²) < 4.78 is 5.25. The maximum atomic E-state index is 6.20. The second-order valence-corrected chi connectivity index (χ2v) is 5.18. The Bertz CT molecular complexity index is 510. The van der Waals surface area contributed by atoms with Crippen molar-refractivity contribution in [3.05, 3.63) is 52.4 Å². The van der Waals surface area contributed by atoms with Crippen molar-refractivity contribution in [1.29, 1.82) is 0 Å². The third-order valence-corrected chi connectivity index (χ3v) is 4.09. The Hall–Kier alpha value is -0.900. The van der Waals surface area contributed by atoms with E-state index in [0.29, 0.717) is 6.54 Å². The van der Waals surface area contributed by atoms with Crippen molar-refractivity contribution in [3.8, 4) is 0 Å². The van der Waals surface area contributed by atoms with Crippen molar-refractivity contribution in [1.82, 2.24) is 0 Å². The van der Waals surface area contributed by atoms with E-state index >= 15 is 0 Å². The van der Waals surface area contributed by atoms with Crippen LogP contribution >= 0.6 is 23.4 Å². The monoisotopic (exact) mass is 267 g/mol. The number of hydrogen-bond donors (Lipinski definition) is 1. The lowest BCUT2D eigenvalue weighted by Crippen LogP contribution is -1.96. The summed E-state index contributed by atoms with van der Waals surface area (Å²) in [5, 5.41) is 0.779. The molecular formula is C13H14ClNOS. The fourth-order valence-electron chi connectivity index (χ4n) is 1.51. The average molecular weight is 268 g/mol. The van der Waals surface area contributed by atoms with Gasteiger partial charge in [0.25, 0.3) is 0 Å². The van der Waals surface area contributed by atoms with Crippen LogP contribution in [0.2, 0.25) is 5.02 Å². The zero-order valence-corrected chi connectivity index (χ0v) is 11.1. The molecule has 0 aliphatic carbocycles. The number of furan rings is 1. The van der Waals surface area contributed by atoms with Crippen LogP contribution in [0.3, 0.4) is 0 Å². The second kappa shape index (κ2) is 5.63. The van der Waals surface area contributed by atoms with Crippen LogP contribution in [-0.2, 0) is 12.3 Å². The highest BCUT2D eigenvalue weighted by Crippen LogP contribution is 2.29. The maximum absolute atomic E-state index is 6.20. The molecule has 0 aliphatic rings. The van der Waals surface area contributed by atoms with Gasteiger partial charge < -0.3 is 10.2 Å². The van der Waals surface area contributed by atoms with E-state index in [0.717, 1.165) is 32.6 Å². The van der Waals surface area contributed by atoms with Crippen LogP contribution in [0.15, 0.2) is 39.8 Å². The average Bonchev–Trinajstić information content (AvgIpc) is 2.73. The van der Waals surface area contributed by atoms with Gasteiger partial charge in [0.2, 0.25) is 0 Å². The van der Waals surface area contributed by atoms with Crippen LogP contribution in [0.25, 0.3) is 0 Å². The summed E-state index contributed by atoms with van der Waals surface area (Å²) in [7, 11) is 0. The third kappa shape index (κ3) is 3.06. The predicted octanol–water partition coefficient (Wildman–Crippen LogP) is 3.99. The fraction of sp³-hybridized carbons (Fsp3) is 0.231. The first-order valence-corrected chi connectivity index (χ1v) is 6.71.